The third kappa shape index (κ3) is 5.35. The van der Waals surface area contributed by atoms with Gasteiger partial charge in [-0.25, -0.2) is 4.98 Å². The van der Waals surface area contributed by atoms with E-state index >= 15 is 0 Å². The van der Waals surface area contributed by atoms with Crippen molar-refractivity contribution in [3.63, 3.8) is 0 Å². The molecule has 0 aliphatic carbocycles. The van der Waals surface area contributed by atoms with Crippen molar-refractivity contribution in [3.05, 3.63) is 23.9 Å². The molecule has 0 bridgehead atoms. The van der Waals surface area contributed by atoms with Crippen LogP contribution in [0.1, 0.15) is 12.1 Å². The van der Waals surface area contributed by atoms with Crippen molar-refractivity contribution < 1.29 is 9.47 Å². The van der Waals surface area contributed by atoms with Crippen LogP contribution in [0.5, 0.6) is 5.88 Å². The van der Waals surface area contributed by atoms with Crippen LogP contribution in [0, 0.1) is 0 Å². The van der Waals surface area contributed by atoms with Gasteiger partial charge in [-0.05, 0) is 12.5 Å². The largest absolute Gasteiger partial charge is 0.481 e. The van der Waals surface area contributed by atoms with Crippen LogP contribution in [0.3, 0.4) is 0 Å². The number of nitrogens with one attached hydrogen (secondary N) is 1. The van der Waals surface area contributed by atoms with E-state index in [9.17, 15) is 0 Å². The summed E-state index contributed by atoms with van der Waals surface area (Å²) in [6.45, 7) is 1.33. The first kappa shape index (κ1) is 14.2. The molecule has 1 atom stereocenters. The van der Waals surface area contributed by atoms with Crippen molar-refractivity contribution in [1.29, 1.82) is 0 Å². The van der Waals surface area contributed by atoms with Gasteiger partial charge in [-0.15, -0.1) is 11.6 Å². The van der Waals surface area contributed by atoms with Gasteiger partial charge in [0.25, 0.3) is 0 Å². The number of pyridine rings is 1. The number of ether oxygens (including phenoxy) is 2. The molecule has 1 aromatic heterocycles. The highest BCUT2D eigenvalue weighted by atomic mass is 35.5. The fourth-order valence-electron chi connectivity index (χ4n) is 1.50. The fourth-order valence-corrected chi connectivity index (χ4v) is 1.76. The van der Waals surface area contributed by atoms with Gasteiger partial charge in [-0.1, -0.05) is 6.07 Å². The number of rotatable bonds is 8. The summed E-state index contributed by atoms with van der Waals surface area (Å²) in [5.74, 6) is 1.25. The SMILES string of the molecule is COCC(CCCl)NCc1cccc(OC)n1. The third-order valence-corrected chi connectivity index (χ3v) is 2.61. The number of alkyl halides is 1. The lowest BCUT2D eigenvalue weighted by Gasteiger charge is -2.16. The molecule has 0 aromatic carbocycles. The van der Waals surface area contributed by atoms with Crippen molar-refractivity contribution in [2.45, 2.75) is 19.0 Å². The number of halogens is 1. The molecule has 1 unspecified atom stereocenters. The van der Waals surface area contributed by atoms with Gasteiger partial charge in [0, 0.05) is 31.6 Å². The Hall–Kier alpha value is -0.840. The van der Waals surface area contributed by atoms with Gasteiger partial charge >= 0.3 is 0 Å². The summed E-state index contributed by atoms with van der Waals surface area (Å²) >= 11 is 5.73. The molecule has 17 heavy (non-hydrogen) atoms. The Morgan fingerprint density at radius 1 is 1.41 bits per heavy atom. The van der Waals surface area contributed by atoms with Gasteiger partial charge in [0.2, 0.25) is 5.88 Å². The monoisotopic (exact) mass is 258 g/mol. The Balaban J connectivity index is 2.46. The summed E-state index contributed by atoms with van der Waals surface area (Å²) < 4.78 is 10.2. The van der Waals surface area contributed by atoms with E-state index in [1.54, 1.807) is 14.2 Å². The predicted octanol–water partition coefficient (Wildman–Crippen LogP) is 1.82. The second-order valence-electron chi connectivity index (χ2n) is 3.68. The summed E-state index contributed by atoms with van der Waals surface area (Å²) in [4.78, 5) is 4.32. The van der Waals surface area contributed by atoms with Crippen molar-refractivity contribution in [2.24, 2.45) is 0 Å². The topological polar surface area (TPSA) is 43.4 Å². The molecule has 96 valence electrons. The average molecular weight is 259 g/mol. The zero-order valence-corrected chi connectivity index (χ0v) is 11.0. The zero-order valence-electron chi connectivity index (χ0n) is 10.3. The fraction of sp³-hybridized carbons (Fsp3) is 0.583. The first-order valence-corrected chi connectivity index (χ1v) is 6.11. The highest BCUT2D eigenvalue weighted by Gasteiger charge is 2.07. The number of methoxy groups -OCH3 is 2. The van der Waals surface area contributed by atoms with Crippen LogP contribution in [-0.2, 0) is 11.3 Å². The van der Waals surface area contributed by atoms with Crippen LogP contribution >= 0.6 is 11.6 Å². The Morgan fingerprint density at radius 2 is 2.24 bits per heavy atom. The van der Waals surface area contributed by atoms with Gasteiger partial charge in [0.15, 0.2) is 0 Å². The number of nitrogens with zero attached hydrogens (tertiary/aromatic N) is 1. The Kier molecular flexibility index (Phi) is 6.93. The lowest BCUT2D eigenvalue weighted by Crippen LogP contribution is -2.33. The number of hydrogen-bond acceptors (Lipinski definition) is 4. The van der Waals surface area contributed by atoms with Crippen molar-refractivity contribution in [3.8, 4) is 5.88 Å². The second kappa shape index (κ2) is 8.28. The molecule has 0 amide bonds. The molecule has 1 N–H and O–H groups in total. The average Bonchev–Trinajstić information content (AvgIpc) is 2.37. The first-order valence-electron chi connectivity index (χ1n) is 5.58. The molecule has 0 radical (unpaired) electrons. The van der Waals surface area contributed by atoms with Crippen LogP contribution < -0.4 is 10.1 Å². The maximum atomic E-state index is 5.73. The third-order valence-electron chi connectivity index (χ3n) is 2.39. The molecule has 0 fully saturated rings. The minimum atomic E-state index is 0.255. The van der Waals surface area contributed by atoms with Gasteiger partial charge in [0.05, 0.1) is 19.4 Å². The maximum absolute atomic E-state index is 5.73. The van der Waals surface area contributed by atoms with Crippen LogP contribution in [0.4, 0.5) is 0 Å². The van der Waals surface area contributed by atoms with Gasteiger partial charge in [0.1, 0.15) is 0 Å². The number of aromatic nitrogens is 1. The van der Waals surface area contributed by atoms with Crippen molar-refractivity contribution in [1.82, 2.24) is 10.3 Å². The minimum absolute atomic E-state index is 0.255. The van der Waals surface area contributed by atoms with Crippen LogP contribution in [0.2, 0.25) is 0 Å². The van der Waals surface area contributed by atoms with E-state index in [0.717, 1.165) is 12.1 Å². The van der Waals surface area contributed by atoms with E-state index in [0.29, 0.717) is 24.9 Å². The summed E-state index contributed by atoms with van der Waals surface area (Å²) in [5, 5.41) is 3.36. The van der Waals surface area contributed by atoms with Crippen LogP contribution in [-0.4, -0.2) is 37.7 Å². The lowest BCUT2D eigenvalue weighted by molar-refractivity contribution is 0.164. The summed E-state index contributed by atoms with van der Waals surface area (Å²) in [6.07, 6.45) is 0.874. The molecule has 1 aromatic rings. The van der Waals surface area contributed by atoms with Crippen molar-refractivity contribution >= 4 is 11.6 Å². The van der Waals surface area contributed by atoms with Gasteiger partial charge in [-0.3, -0.25) is 0 Å². The summed E-state index contributed by atoms with van der Waals surface area (Å²) in [7, 11) is 3.30. The lowest BCUT2D eigenvalue weighted by atomic mass is 10.2. The molecule has 5 heteroatoms. The number of hydrogen-bond donors (Lipinski definition) is 1. The minimum Gasteiger partial charge on any atom is -0.481 e. The van der Waals surface area contributed by atoms with Crippen LogP contribution in [0.25, 0.3) is 0 Å². The standard InChI is InChI=1S/C12H19ClN2O2/c1-16-9-11(6-7-13)14-8-10-4-3-5-12(15-10)17-2/h3-5,11,14H,6-9H2,1-2H3. The Morgan fingerprint density at radius 3 is 2.88 bits per heavy atom. The molecule has 0 aliphatic heterocycles. The summed E-state index contributed by atoms with van der Waals surface area (Å²) in [6, 6.07) is 5.97. The summed E-state index contributed by atoms with van der Waals surface area (Å²) in [5.41, 5.74) is 0.944. The van der Waals surface area contributed by atoms with Gasteiger partial charge in [-0.2, -0.15) is 0 Å². The van der Waals surface area contributed by atoms with Crippen LogP contribution in [0.15, 0.2) is 18.2 Å². The molecule has 0 saturated heterocycles. The molecular weight excluding hydrogens is 240 g/mol. The molecular formula is C12H19ClN2O2. The molecule has 0 aliphatic rings. The highest BCUT2D eigenvalue weighted by molar-refractivity contribution is 6.17. The smallest absolute Gasteiger partial charge is 0.213 e. The molecule has 4 nitrogen and oxygen atoms in total. The van der Waals surface area contributed by atoms with E-state index < -0.39 is 0 Å². The normalized spacial score (nSPS) is 12.4. The van der Waals surface area contributed by atoms with Crippen molar-refractivity contribution in [2.75, 3.05) is 26.7 Å². The second-order valence-corrected chi connectivity index (χ2v) is 4.06. The molecule has 0 saturated carbocycles. The Bertz CT molecular complexity index is 317. The first-order chi connectivity index (χ1) is 8.30. The quantitative estimate of drug-likeness (QED) is 0.723. The Labute approximate surface area is 107 Å². The van der Waals surface area contributed by atoms with E-state index in [1.807, 2.05) is 18.2 Å². The van der Waals surface area contributed by atoms with E-state index in [-0.39, 0.29) is 6.04 Å². The molecule has 1 rings (SSSR count). The zero-order chi connectivity index (χ0) is 12.5. The molecule has 0 spiro atoms. The van der Waals surface area contributed by atoms with E-state index in [1.165, 1.54) is 0 Å². The van der Waals surface area contributed by atoms with Gasteiger partial charge < -0.3 is 14.8 Å². The highest BCUT2D eigenvalue weighted by Crippen LogP contribution is 2.07. The predicted molar refractivity (Wildman–Crippen MR) is 68.6 cm³/mol. The maximum Gasteiger partial charge on any atom is 0.213 e. The van der Waals surface area contributed by atoms with E-state index in [4.69, 9.17) is 21.1 Å². The van der Waals surface area contributed by atoms with E-state index in [2.05, 4.69) is 10.3 Å². The molecule has 1 heterocycles.